The summed E-state index contributed by atoms with van der Waals surface area (Å²) in [5.41, 5.74) is 8.55. The first-order valence-corrected chi connectivity index (χ1v) is 6.35. The molecule has 21 heavy (non-hydrogen) atoms. The maximum absolute atomic E-state index is 12.0. The maximum atomic E-state index is 12.0. The zero-order valence-electron chi connectivity index (χ0n) is 11.0. The number of aryl methyl sites for hydroxylation is 1. The molecule has 2 aromatic rings. The Kier molecular flexibility index (Phi) is 4.27. The summed E-state index contributed by atoms with van der Waals surface area (Å²) < 4.78 is 40.7. The fourth-order valence-corrected chi connectivity index (χ4v) is 1.98. The summed E-state index contributed by atoms with van der Waals surface area (Å²) in [6, 6.07) is 6.38. The van der Waals surface area contributed by atoms with E-state index in [1.165, 1.54) is 12.3 Å². The van der Waals surface area contributed by atoms with Gasteiger partial charge in [0.15, 0.2) is 6.61 Å². The van der Waals surface area contributed by atoms with Crippen LogP contribution in [0.25, 0.3) is 11.1 Å². The molecule has 0 unspecified atom stereocenters. The van der Waals surface area contributed by atoms with Gasteiger partial charge >= 0.3 is 6.18 Å². The minimum absolute atomic E-state index is 0.0978. The van der Waals surface area contributed by atoms with Crippen LogP contribution in [0.15, 0.2) is 30.5 Å². The Morgan fingerprint density at radius 2 is 2.00 bits per heavy atom. The number of ether oxygens (including phenoxy) is 1. The molecule has 0 spiro atoms. The van der Waals surface area contributed by atoms with Crippen molar-refractivity contribution in [2.45, 2.75) is 13.1 Å². The number of hydrogen-bond donors (Lipinski definition) is 1. The first kappa shape index (κ1) is 15.4. The third-order valence-electron chi connectivity index (χ3n) is 2.79. The average molecular weight is 317 g/mol. The largest absolute Gasteiger partial charge is 0.468 e. The molecule has 112 valence electrons. The van der Waals surface area contributed by atoms with Crippen molar-refractivity contribution in [3.8, 4) is 17.0 Å². The average Bonchev–Trinajstić information content (AvgIpc) is 2.40. The summed E-state index contributed by atoms with van der Waals surface area (Å²) in [4.78, 5) is 3.84. The molecule has 0 saturated carbocycles. The van der Waals surface area contributed by atoms with Gasteiger partial charge in [-0.25, -0.2) is 4.98 Å². The Bertz CT molecular complexity index is 642. The van der Waals surface area contributed by atoms with Crippen molar-refractivity contribution >= 4 is 17.3 Å². The molecule has 0 aliphatic carbocycles. The number of nitrogen functional groups attached to an aromatic ring is 1. The fourth-order valence-electron chi connectivity index (χ4n) is 1.70. The summed E-state index contributed by atoms with van der Waals surface area (Å²) in [5.74, 6) is -0.0978. The van der Waals surface area contributed by atoms with Crippen molar-refractivity contribution in [2.24, 2.45) is 0 Å². The standard InChI is InChI=1S/C14H12ClF3N2O/c1-8-4-10(11(15)5-12(8)19)9-2-3-13(20-6-9)21-7-14(16,17)18/h2-6H,7,19H2,1H3. The number of pyridine rings is 1. The van der Waals surface area contributed by atoms with Crippen LogP contribution in [0.4, 0.5) is 18.9 Å². The molecule has 0 saturated heterocycles. The zero-order chi connectivity index (χ0) is 15.6. The quantitative estimate of drug-likeness (QED) is 0.862. The van der Waals surface area contributed by atoms with Crippen molar-refractivity contribution in [2.75, 3.05) is 12.3 Å². The second-order valence-corrected chi connectivity index (χ2v) is 4.88. The Morgan fingerprint density at radius 1 is 1.29 bits per heavy atom. The summed E-state index contributed by atoms with van der Waals surface area (Å²) in [5, 5.41) is 0.448. The van der Waals surface area contributed by atoms with Crippen LogP contribution in [0.2, 0.25) is 5.02 Å². The molecule has 7 heteroatoms. The number of nitrogens with zero attached hydrogens (tertiary/aromatic N) is 1. The van der Waals surface area contributed by atoms with Gasteiger partial charge in [0, 0.05) is 29.1 Å². The van der Waals surface area contributed by atoms with Crippen LogP contribution in [0.3, 0.4) is 0 Å². The van der Waals surface area contributed by atoms with Crippen LogP contribution in [-0.2, 0) is 0 Å². The Hall–Kier alpha value is -1.95. The maximum Gasteiger partial charge on any atom is 0.422 e. The van der Waals surface area contributed by atoms with Crippen LogP contribution in [0.5, 0.6) is 5.88 Å². The van der Waals surface area contributed by atoms with Crippen molar-refractivity contribution in [3.05, 3.63) is 41.0 Å². The number of anilines is 1. The van der Waals surface area contributed by atoms with Crippen LogP contribution < -0.4 is 10.5 Å². The lowest BCUT2D eigenvalue weighted by Gasteiger charge is -2.10. The molecule has 0 bridgehead atoms. The van der Waals surface area contributed by atoms with Crippen molar-refractivity contribution in [1.82, 2.24) is 4.98 Å². The number of aromatic nitrogens is 1. The molecule has 0 aliphatic heterocycles. The lowest BCUT2D eigenvalue weighted by Crippen LogP contribution is -2.19. The van der Waals surface area contributed by atoms with Gasteiger partial charge in [-0.15, -0.1) is 0 Å². The number of hydrogen-bond acceptors (Lipinski definition) is 3. The highest BCUT2D eigenvalue weighted by molar-refractivity contribution is 6.33. The van der Waals surface area contributed by atoms with Gasteiger partial charge < -0.3 is 10.5 Å². The molecule has 0 atom stereocenters. The first-order valence-electron chi connectivity index (χ1n) is 5.98. The predicted molar refractivity (Wildman–Crippen MR) is 75.4 cm³/mol. The monoisotopic (exact) mass is 316 g/mol. The van der Waals surface area contributed by atoms with Gasteiger partial charge in [-0.05, 0) is 30.7 Å². The van der Waals surface area contributed by atoms with E-state index in [9.17, 15) is 13.2 Å². The van der Waals surface area contributed by atoms with Crippen LogP contribution >= 0.6 is 11.6 Å². The predicted octanol–water partition coefficient (Wildman–Crippen LogP) is 4.23. The van der Waals surface area contributed by atoms with Gasteiger partial charge in [0.1, 0.15) is 0 Å². The first-order chi connectivity index (χ1) is 9.76. The normalized spacial score (nSPS) is 11.5. The van der Waals surface area contributed by atoms with E-state index in [0.717, 1.165) is 5.56 Å². The zero-order valence-corrected chi connectivity index (χ0v) is 11.8. The highest BCUT2D eigenvalue weighted by Crippen LogP contribution is 2.32. The lowest BCUT2D eigenvalue weighted by molar-refractivity contribution is -0.154. The van der Waals surface area contributed by atoms with Gasteiger partial charge in [0.05, 0.1) is 5.02 Å². The fraction of sp³-hybridized carbons (Fsp3) is 0.214. The van der Waals surface area contributed by atoms with Gasteiger partial charge in [-0.2, -0.15) is 13.2 Å². The molecule has 0 aliphatic rings. The van der Waals surface area contributed by atoms with Gasteiger partial charge in [-0.1, -0.05) is 11.6 Å². The van der Waals surface area contributed by atoms with E-state index in [-0.39, 0.29) is 5.88 Å². The lowest BCUT2D eigenvalue weighted by atomic mass is 10.0. The van der Waals surface area contributed by atoms with E-state index in [1.54, 1.807) is 18.2 Å². The van der Waals surface area contributed by atoms with Crippen molar-refractivity contribution in [3.63, 3.8) is 0 Å². The minimum atomic E-state index is -4.39. The molecule has 0 fully saturated rings. The molecule has 2 rings (SSSR count). The Morgan fingerprint density at radius 3 is 2.57 bits per heavy atom. The number of halogens is 4. The SMILES string of the molecule is Cc1cc(-c2ccc(OCC(F)(F)F)nc2)c(Cl)cc1N. The summed E-state index contributed by atoms with van der Waals surface area (Å²) >= 11 is 6.11. The highest BCUT2D eigenvalue weighted by atomic mass is 35.5. The van der Waals surface area contributed by atoms with Crippen molar-refractivity contribution < 1.29 is 17.9 Å². The topological polar surface area (TPSA) is 48.1 Å². The Labute approximate surface area is 124 Å². The van der Waals surface area contributed by atoms with Crippen LogP contribution in [0, 0.1) is 6.92 Å². The number of benzene rings is 1. The Balaban J connectivity index is 2.21. The smallest absolute Gasteiger partial charge is 0.422 e. The van der Waals surface area contributed by atoms with Crippen LogP contribution in [0.1, 0.15) is 5.56 Å². The molecule has 1 aromatic carbocycles. The van der Waals surface area contributed by atoms with Gasteiger partial charge in [-0.3, -0.25) is 0 Å². The van der Waals surface area contributed by atoms with E-state index >= 15 is 0 Å². The summed E-state index contributed by atoms with van der Waals surface area (Å²) in [6.45, 7) is 0.463. The van der Waals surface area contributed by atoms with Crippen molar-refractivity contribution in [1.29, 1.82) is 0 Å². The van der Waals surface area contributed by atoms with Gasteiger partial charge in [0.2, 0.25) is 5.88 Å². The van der Waals surface area contributed by atoms with Gasteiger partial charge in [0.25, 0.3) is 0 Å². The van der Waals surface area contributed by atoms with Crippen LogP contribution in [-0.4, -0.2) is 17.8 Å². The van der Waals surface area contributed by atoms with E-state index in [2.05, 4.69) is 9.72 Å². The molecule has 1 aromatic heterocycles. The third-order valence-corrected chi connectivity index (χ3v) is 3.10. The van der Waals surface area contributed by atoms with E-state index in [0.29, 0.717) is 21.8 Å². The molecule has 2 N–H and O–H groups in total. The molecule has 3 nitrogen and oxygen atoms in total. The molecule has 0 radical (unpaired) electrons. The summed E-state index contributed by atoms with van der Waals surface area (Å²) in [7, 11) is 0. The molecular formula is C14H12ClF3N2O. The van der Waals surface area contributed by atoms with E-state index < -0.39 is 12.8 Å². The molecule has 1 heterocycles. The molecule has 0 amide bonds. The number of nitrogens with two attached hydrogens (primary N) is 1. The highest BCUT2D eigenvalue weighted by Gasteiger charge is 2.28. The second-order valence-electron chi connectivity index (χ2n) is 4.48. The minimum Gasteiger partial charge on any atom is -0.468 e. The third kappa shape index (κ3) is 4.01. The molecular weight excluding hydrogens is 305 g/mol. The second kappa shape index (κ2) is 5.81. The number of alkyl halides is 3. The summed E-state index contributed by atoms with van der Waals surface area (Å²) in [6.07, 6.45) is -2.99. The number of rotatable bonds is 3. The van der Waals surface area contributed by atoms with E-state index in [1.807, 2.05) is 6.92 Å². The van der Waals surface area contributed by atoms with E-state index in [4.69, 9.17) is 17.3 Å².